The summed E-state index contributed by atoms with van der Waals surface area (Å²) < 4.78 is 11.2. The Labute approximate surface area is 295 Å². The monoisotopic (exact) mass is 670 g/mol. The van der Waals surface area contributed by atoms with Crippen LogP contribution in [0.2, 0.25) is 0 Å². The largest absolute Gasteiger partial charge is 0.455 e. The molecule has 0 N–H and O–H groups in total. The lowest BCUT2D eigenvalue weighted by atomic mass is 10.0. The topological polar surface area (TPSA) is 56.7 Å². The fourth-order valence-corrected chi connectivity index (χ4v) is 8.76. The SMILES string of the molecule is c1ccc(-c2ccc(-c3nc(-c4cccc5c4oc4ccccc45)nc(-n4c5ccccc5c5ccc6c7ccccc7sc6c54)n3)cc2)cc1. The Morgan fingerprint density at radius 2 is 1.12 bits per heavy atom. The van der Waals surface area contributed by atoms with Crippen LogP contribution in [0.3, 0.4) is 0 Å². The van der Waals surface area contributed by atoms with Crippen LogP contribution in [0.15, 0.2) is 162 Å². The molecule has 51 heavy (non-hydrogen) atoms. The number of hydrogen-bond donors (Lipinski definition) is 0. The van der Waals surface area contributed by atoms with Crippen LogP contribution in [-0.2, 0) is 0 Å². The van der Waals surface area contributed by atoms with Gasteiger partial charge in [-0.15, -0.1) is 11.3 Å². The van der Waals surface area contributed by atoms with Crippen molar-refractivity contribution < 1.29 is 4.42 Å². The van der Waals surface area contributed by atoms with Gasteiger partial charge >= 0.3 is 0 Å². The number of nitrogens with zero attached hydrogens (tertiary/aromatic N) is 4. The van der Waals surface area contributed by atoms with Crippen LogP contribution in [0.4, 0.5) is 0 Å². The second kappa shape index (κ2) is 10.9. The molecule has 0 fully saturated rings. The van der Waals surface area contributed by atoms with Crippen LogP contribution in [0.25, 0.3) is 104 Å². The van der Waals surface area contributed by atoms with Gasteiger partial charge in [-0.3, -0.25) is 4.57 Å². The van der Waals surface area contributed by atoms with Crippen LogP contribution in [-0.4, -0.2) is 19.5 Å². The predicted octanol–water partition coefficient (Wildman–Crippen LogP) is 12.2. The van der Waals surface area contributed by atoms with E-state index in [2.05, 4.69) is 132 Å². The molecule has 0 saturated heterocycles. The van der Waals surface area contributed by atoms with Crippen LogP contribution < -0.4 is 0 Å². The van der Waals surface area contributed by atoms with Crippen LogP contribution in [0.5, 0.6) is 0 Å². The van der Waals surface area contributed by atoms with Gasteiger partial charge in [-0.25, -0.2) is 4.98 Å². The summed E-state index contributed by atoms with van der Waals surface area (Å²) in [6.07, 6.45) is 0. The molecule has 0 bridgehead atoms. The van der Waals surface area contributed by atoms with Crippen LogP contribution in [0, 0.1) is 0 Å². The molecule has 0 unspecified atom stereocenters. The molecule has 0 radical (unpaired) electrons. The minimum Gasteiger partial charge on any atom is -0.455 e. The highest BCUT2D eigenvalue weighted by Gasteiger charge is 2.22. The van der Waals surface area contributed by atoms with Gasteiger partial charge in [-0.1, -0.05) is 133 Å². The molecule has 5 nitrogen and oxygen atoms in total. The smallest absolute Gasteiger partial charge is 0.238 e. The third-order valence-corrected chi connectivity index (χ3v) is 11.1. The van der Waals surface area contributed by atoms with Gasteiger partial charge < -0.3 is 4.42 Å². The number of thiophene rings is 1. The molecule has 0 amide bonds. The van der Waals surface area contributed by atoms with Crippen molar-refractivity contribution in [2.45, 2.75) is 0 Å². The maximum absolute atomic E-state index is 6.51. The van der Waals surface area contributed by atoms with Gasteiger partial charge in [0.05, 0.1) is 21.3 Å². The highest BCUT2D eigenvalue weighted by Crippen LogP contribution is 2.43. The molecule has 0 spiro atoms. The number of furan rings is 1. The maximum Gasteiger partial charge on any atom is 0.238 e. The summed E-state index contributed by atoms with van der Waals surface area (Å²) in [6.45, 7) is 0. The first-order chi connectivity index (χ1) is 25.3. The number of aromatic nitrogens is 4. The molecule has 11 rings (SSSR count). The average molecular weight is 671 g/mol. The first-order valence-corrected chi connectivity index (χ1v) is 17.8. The van der Waals surface area contributed by atoms with Crippen molar-refractivity contribution in [2.75, 3.05) is 0 Å². The molecule has 238 valence electrons. The predicted molar refractivity (Wildman–Crippen MR) is 211 cm³/mol. The van der Waals surface area contributed by atoms with Gasteiger partial charge in [-0.05, 0) is 35.4 Å². The van der Waals surface area contributed by atoms with E-state index in [4.69, 9.17) is 19.4 Å². The number of fused-ring (bicyclic) bond motifs is 10. The van der Waals surface area contributed by atoms with Gasteiger partial charge in [0, 0.05) is 42.6 Å². The number of para-hydroxylation sites is 3. The zero-order valence-electron chi connectivity index (χ0n) is 27.1. The van der Waals surface area contributed by atoms with Crippen molar-refractivity contribution in [1.82, 2.24) is 19.5 Å². The molecule has 6 heteroatoms. The minimum absolute atomic E-state index is 0.557. The lowest BCUT2D eigenvalue weighted by molar-refractivity contribution is 0.669. The molecule has 4 aromatic heterocycles. The molecule has 0 aliphatic carbocycles. The number of hydrogen-bond acceptors (Lipinski definition) is 5. The highest BCUT2D eigenvalue weighted by molar-refractivity contribution is 7.26. The van der Waals surface area contributed by atoms with Gasteiger partial charge in [0.25, 0.3) is 0 Å². The fourth-order valence-electron chi connectivity index (χ4n) is 7.52. The summed E-state index contributed by atoms with van der Waals surface area (Å²) in [5, 5.41) is 6.90. The van der Waals surface area contributed by atoms with Crippen molar-refractivity contribution in [1.29, 1.82) is 0 Å². The molecule has 11 aromatic rings. The second-order valence-electron chi connectivity index (χ2n) is 12.8. The third-order valence-electron chi connectivity index (χ3n) is 9.90. The molecule has 0 atom stereocenters. The maximum atomic E-state index is 6.51. The molecular weight excluding hydrogens is 645 g/mol. The quantitative estimate of drug-likeness (QED) is 0.187. The number of benzene rings is 7. The first-order valence-electron chi connectivity index (χ1n) is 16.9. The lowest BCUT2D eigenvalue weighted by Crippen LogP contribution is -2.06. The summed E-state index contributed by atoms with van der Waals surface area (Å²) in [4.78, 5) is 15.7. The van der Waals surface area contributed by atoms with Crippen molar-refractivity contribution in [2.24, 2.45) is 0 Å². The van der Waals surface area contributed by atoms with E-state index in [9.17, 15) is 0 Å². The van der Waals surface area contributed by atoms with E-state index in [0.29, 0.717) is 17.6 Å². The molecule has 0 aliphatic rings. The Hall–Kier alpha value is -6.63. The summed E-state index contributed by atoms with van der Waals surface area (Å²) >= 11 is 1.81. The van der Waals surface area contributed by atoms with E-state index in [0.717, 1.165) is 60.6 Å². The van der Waals surface area contributed by atoms with Crippen LogP contribution in [0.1, 0.15) is 0 Å². The number of rotatable bonds is 4. The summed E-state index contributed by atoms with van der Waals surface area (Å²) in [5.74, 6) is 1.71. The molecule has 4 heterocycles. The van der Waals surface area contributed by atoms with Gasteiger partial charge in [0.15, 0.2) is 11.6 Å². The Morgan fingerprint density at radius 1 is 0.451 bits per heavy atom. The van der Waals surface area contributed by atoms with E-state index in [1.165, 1.54) is 25.6 Å². The summed E-state index contributed by atoms with van der Waals surface area (Å²) in [7, 11) is 0. The molecule has 7 aromatic carbocycles. The van der Waals surface area contributed by atoms with Gasteiger partial charge in [0.2, 0.25) is 5.95 Å². The zero-order valence-corrected chi connectivity index (χ0v) is 27.9. The van der Waals surface area contributed by atoms with Crippen molar-refractivity contribution >= 4 is 75.3 Å². The Morgan fingerprint density at radius 3 is 2.00 bits per heavy atom. The Balaban J connectivity index is 1.22. The van der Waals surface area contributed by atoms with Crippen molar-refractivity contribution in [3.8, 4) is 39.9 Å². The molecular formula is C45H26N4OS. The van der Waals surface area contributed by atoms with E-state index in [1.54, 1.807) is 0 Å². The van der Waals surface area contributed by atoms with E-state index in [1.807, 2.05) is 41.7 Å². The lowest BCUT2D eigenvalue weighted by Gasteiger charge is -2.12. The van der Waals surface area contributed by atoms with E-state index < -0.39 is 0 Å². The molecule has 0 saturated carbocycles. The summed E-state index contributed by atoms with van der Waals surface area (Å²) in [5.41, 5.74) is 7.76. The van der Waals surface area contributed by atoms with Crippen molar-refractivity contribution in [3.63, 3.8) is 0 Å². The van der Waals surface area contributed by atoms with E-state index in [-0.39, 0.29) is 0 Å². The molecule has 0 aliphatic heterocycles. The zero-order chi connectivity index (χ0) is 33.5. The first kappa shape index (κ1) is 28.2. The van der Waals surface area contributed by atoms with Crippen molar-refractivity contribution in [3.05, 3.63) is 158 Å². The Bertz CT molecular complexity index is 3140. The average Bonchev–Trinajstić information content (AvgIpc) is 3.88. The van der Waals surface area contributed by atoms with E-state index >= 15 is 0 Å². The van der Waals surface area contributed by atoms with Crippen LogP contribution >= 0.6 is 11.3 Å². The van der Waals surface area contributed by atoms with Gasteiger partial charge in [0.1, 0.15) is 11.2 Å². The standard InChI is InChI=1S/C45H26N4OS/c1-2-11-27(12-3-1)28-21-23-29(24-22-28)43-46-44(36-17-10-16-34-31-14-5-8-19-38(31)50-41(34)36)48-45(47-43)49-37-18-7-4-13-30(37)33-25-26-35-32-15-6-9-20-39(32)51-42(35)40(33)49/h1-26H. The van der Waals surface area contributed by atoms with Gasteiger partial charge in [-0.2, -0.15) is 9.97 Å². The normalized spacial score (nSPS) is 11.9. The Kier molecular flexibility index (Phi) is 6.05. The third kappa shape index (κ3) is 4.30. The fraction of sp³-hybridized carbons (Fsp3) is 0. The summed E-state index contributed by atoms with van der Waals surface area (Å²) in [6, 6.07) is 54.9. The highest BCUT2D eigenvalue weighted by atomic mass is 32.1. The second-order valence-corrected chi connectivity index (χ2v) is 13.8. The minimum atomic E-state index is 0.557.